The summed E-state index contributed by atoms with van der Waals surface area (Å²) >= 11 is 0. The Kier molecular flexibility index (Phi) is 4.74. The molecule has 0 spiro atoms. The summed E-state index contributed by atoms with van der Waals surface area (Å²) in [4.78, 5) is 11.8. The summed E-state index contributed by atoms with van der Waals surface area (Å²) < 4.78 is 0. The number of hydrogen-bond acceptors (Lipinski definition) is 2. The number of aromatic nitrogens is 2. The highest BCUT2D eigenvalue weighted by atomic mass is 15.2. The summed E-state index contributed by atoms with van der Waals surface area (Å²) in [5.74, 6) is 0. The second kappa shape index (κ2) is 7.54. The maximum Gasteiger partial charge on any atom is 0.0462 e. The Morgan fingerprint density at radius 3 is 2.41 bits per heavy atom. The molecule has 2 aromatic heterocycles. The van der Waals surface area contributed by atoms with E-state index in [0.717, 1.165) is 32.7 Å². The zero-order chi connectivity index (χ0) is 19.8. The van der Waals surface area contributed by atoms with Crippen LogP contribution in [-0.4, -0.2) is 53.0 Å². The van der Waals surface area contributed by atoms with Crippen LogP contribution in [0, 0.1) is 6.92 Å². The van der Waals surface area contributed by atoms with Crippen molar-refractivity contribution in [2.24, 2.45) is 0 Å². The third-order valence-corrected chi connectivity index (χ3v) is 6.15. The Bertz CT molecular complexity index is 1110. The predicted octanol–water partition coefficient (Wildman–Crippen LogP) is 4.89. The van der Waals surface area contributed by atoms with Crippen LogP contribution < -0.4 is 0 Å². The van der Waals surface area contributed by atoms with Crippen molar-refractivity contribution in [1.29, 1.82) is 0 Å². The quantitative estimate of drug-likeness (QED) is 0.526. The lowest BCUT2D eigenvalue weighted by Crippen LogP contribution is -2.43. The lowest BCUT2D eigenvalue weighted by Gasteiger charge is -2.32. The van der Waals surface area contributed by atoms with Crippen LogP contribution >= 0.6 is 0 Å². The third-order valence-electron chi connectivity index (χ3n) is 6.15. The predicted molar refractivity (Wildman–Crippen MR) is 121 cm³/mol. The van der Waals surface area contributed by atoms with Crippen LogP contribution in [-0.2, 0) is 6.54 Å². The van der Waals surface area contributed by atoms with Gasteiger partial charge in [-0.15, -0.1) is 0 Å². The zero-order valence-corrected chi connectivity index (χ0v) is 17.2. The Morgan fingerprint density at radius 1 is 0.862 bits per heavy atom. The summed E-state index contributed by atoms with van der Waals surface area (Å²) in [5, 5.41) is 1.25. The number of rotatable bonds is 4. The first-order valence-corrected chi connectivity index (χ1v) is 10.4. The largest absolute Gasteiger partial charge is 0.361 e. The number of nitrogens with zero attached hydrogens (tertiary/aromatic N) is 2. The third kappa shape index (κ3) is 3.74. The standard InChI is InChI=1S/C25H28N4/c1-18-23(21-7-8-24-22(15-21)9-10-26-24)16-25(27-18)20-5-3-19(4-6-20)17-29-13-11-28(2)12-14-29/h3-10,15-16,26-27H,11-14,17H2,1-2H3. The van der Waals surface area contributed by atoms with Gasteiger partial charge in [0.15, 0.2) is 0 Å². The lowest BCUT2D eigenvalue weighted by atomic mass is 10.0. The number of H-pyrrole nitrogens is 2. The highest BCUT2D eigenvalue weighted by Crippen LogP contribution is 2.31. The molecule has 3 heterocycles. The first-order valence-electron chi connectivity index (χ1n) is 10.4. The van der Waals surface area contributed by atoms with E-state index in [9.17, 15) is 0 Å². The maximum absolute atomic E-state index is 3.58. The van der Waals surface area contributed by atoms with Gasteiger partial charge in [-0.05, 0) is 60.3 Å². The number of piperazine rings is 1. The van der Waals surface area contributed by atoms with Crippen LogP contribution in [0.15, 0.2) is 60.8 Å². The number of likely N-dealkylation sites (N-methyl/N-ethyl adjacent to an activating group) is 1. The summed E-state index contributed by atoms with van der Waals surface area (Å²) in [7, 11) is 2.20. The van der Waals surface area contributed by atoms with Crippen molar-refractivity contribution in [3.8, 4) is 22.4 Å². The van der Waals surface area contributed by atoms with Crippen molar-refractivity contribution in [3.05, 3.63) is 72.1 Å². The van der Waals surface area contributed by atoms with E-state index in [0.29, 0.717) is 0 Å². The number of benzene rings is 2. The van der Waals surface area contributed by atoms with Gasteiger partial charge in [-0.2, -0.15) is 0 Å². The molecule has 4 nitrogen and oxygen atoms in total. The highest BCUT2D eigenvalue weighted by Gasteiger charge is 2.14. The van der Waals surface area contributed by atoms with Gasteiger partial charge in [0.1, 0.15) is 0 Å². The number of hydrogen-bond donors (Lipinski definition) is 2. The molecule has 1 fully saturated rings. The minimum absolute atomic E-state index is 1.04. The minimum Gasteiger partial charge on any atom is -0.361 e. The molecule has 4 aromatic rings. The second-order valence-corrected chi connectivity index (χ2v) is 8.28. The first-order chi connectivity index (χ1) is 14.2. The molecule has 4 heteroatoms. The molecule has 148 valence electrons. The van der Waals surface area contributed by atoms with E-state index < -0.39 is 0 Å². The van der Waals surface area contributed by atoms with Gasteiger partial charge in [-0.1, -0.05) is 30.3 Å². The second-order valence-electron chi connectivity index (χ2n) is 8.28. The molecular formula is C25H28N4. The number of fused-ring (bicyclic) bond motifs is 1. The van der Waals surface area contributed by atoms with Crippen molar-refractivity contribution < 1.29 is 0 Å². The van der Waals surface area contributed by atoms with Crippen molar-refractivity contribution in [2.75, 3.05) is 33.2 Å². The fourth-order valence-electron chi connectivity index (χ4n) is 4.29. The summed E-state index contributed by atoms with van der Waals surface area (Å²) in [5.41, 5.74) is 8.71. The van der Waals surface area contributed by atoms with Crippen molar-refractivity contribution in [3.63, 3.8) is 0 Å². The summed E-state index contributed by atoms with van der Waals surface area (Å²) in [6.07, 6.45) is 1.99. The van der Waals surface area contributed by atoms with Gasteiger partial charge in [0.2, 0.25) is 0 Å². The number of nitrogens with one attached hydrogen (secondary N) is 2. The molecule has 0 unspecified atom stereocenters. The normalized spacial score (nSPS) is 15.9. The molecule has 29 heavy (non-hydrogen) atoms. The van der Waals surface area contributed by atoms with Crippen molar-refractivity contribution in [1.82, 2.24) is 19.8 Å². The molecule has 2 aromatic carbocycles. The van der Waals surface area contributed by atoms with Gasteiger partial charge >= 0.3 is 0 Å². The van der Waals surface area contributed by atoms with Crippen LogP contribution in [0.5, 0.6) is 0 Å². The average molecular weight is 385 g/mol. The molecule has 0 amide bonds. The Morgan fingerprint density at radius 2 is 1.62 bits per heavy atom. The molecule has 0 radical (unpaired) electrons. The highest BCUT2D eigenvalue weighted by molar-refractivity contribution is 5.86. The van der Waals surface area contributed by atoms with Gasteiger partial charge in [0.25, 0.3) is 0 Å². The van der Waals surface area contributed by atoms with Crippen molar-refractivity contribution in [2.45, 2.75) is 13.5 Å². The van der Waals surface area contributed by atoms with Gasteiger partial charge in [-0.3, -0.25) is 4.90 Å². The van der Waals surface area contributed by atoms with E-state index in [2.05, 4.69) is 88.3 Å². The van der Waals surface area contributed by atoms with Crippen LogP contribution in [0.2, 0.25) is 0 Å². The van der Waals surface area contributed by atoms with Gasteiger partial charge in [0, 0.05) is 61.4 Å². The van der Waals surface area contributed by atoms with E-state index >= 15 is 0 Å². The Labute approximate surface area is 172 Å². The SMILES string of the molecule is Cc1[nH]c(-c2ccc(CN3CCN(C)CC3)cc2)cc1-c1ccc2[nH]ccc2c1. The minimum atomic E-state index is 1.04. The first kappa shape index (κ1) is 18.2. The number of aromatic amines is 2. The molecule has 1 aliphatic heterocycles. The summed E-state index contributed by atoms with van der Waals surface area (Å²) in [6.45, 7) is 7.84. The van der Waals surface area contributed by atoms with E-state index in [4.69, 9.17) is 0 Å². The molecule has 0 saturated carbocycles. The maximum atomic E-state index is 3.58. The Hall–Kier alpha value is -2.82. The van der Waals surface area contributed by atoms with E-state index in [1.54, 1.807) is 0 Å². The van der Waals surface area contributed by atoms with Crippen LogP contribution in [0.4, 0.5) is 0 Å². The summed E-state index contributed by atoms with van der Waals surface area (Å²) in [6, 6.07) is 20.0. The van der Waals surface area contributed by atoms with Crippen LogP contribution in [0.3, 0.4) is 0 Å². The molecule has 0 atom stereocenters. The van der Waals surface area contributed by atoms with Gasteiger partial charge in [0.05, 0.1) is 0 Å². The topological polar surface area (TPSA) is 38.1 Å². The molecular weight excluding hydrogens is 356 g/mol. The smallest absolute Gasteiger partial charge is 0.0462 e. The van der Waals surface area contributed by atoms with Crippen LogP contribution in [0.1, 0.15) is 11.3 Å². The molecule has 0 bridgehead atoms. The molecule has 5 rings (SSSR count). The van der Waals surface area contributed by atoms with E-state index in [1.807, 2.05) is 6.20 Å². The van der Waals surface area contributed by atoms with Crippen LogP contribution in [0.25, 0.3) is 33.3 Å². The van der Waals surface area contributed by atoms with E-state index in [1.165, 1.54) is 44.5 Å². The molecule has 2 N–H and O–H groups in total. The molecule has 0 aliphatic carbocycles. The fourth-order valence-corrected chi connectivity index (χ4v) is 4.29. The van der Waals surface area contributed by atoms with Gasteiger partial charge in [-0.25, -0.2) is 0 Å². The monoisotopic (exact) mass is 384 g/mol. The molecule has 1 aliphatic rings. The zero-order valence-electron chi connectivity index (χ0n) is 17.2. The lowest BCUT2D eigenvalue weighted by molar-refractivity contribution is 0.148. The number of aryl methyl sites for hydroxylation is 1. The van der Waals surface area contributed by atoms with Crippen molar-refractivity contribution >= 4 is 10.9 Å². The van der Waals surface area contributed by atoms with E-state index in [-0.39, 0.29) is 0 Å². The van der Waals surface area contributed by atoms with Gasteiger partial charge < -0.3 is 14.9 Å². The fraction of sp³-hybridized carbons (Fsp3) is 0.280. The Balaban J connectivity index is 1.35. The molecule has 1 saturated heterocycles. The average Bonchev–Trinajstić information content (AvgIpc) is 3.36.